The summed E-state index contributed by atoms with van der Waals surface area (Å²) in [6.07, 6.45) is 1.82. The number of pyridine rings is 1. The van der Waals surface area contributed by atoms with Crippen LogP contribution in [0.5, 0.6) is 0 Å². The number of fused-ring (bicyclic) bond motifs is 7. The van der Waals surface area contributed by atoms with Crippen molar-refractivity contribution in [2.75, 3.05) is 4.90 Å². The zero-order valence-corrected chi connectivity index (χ0v) is 27.1. The molecule has 0 amide bonds. The van der Waals surface area contributed by atoms with E-state index in [1.54, 1.807) is 0 Å². The Labute approximate surface area is 289 Å². The molecule has 0 aliphatic carbocycles. The Kier molecular flexibility index (Phi) is 6.49. The molecule has 0 saturated carbocycles. The normalized spacial score (nSPS) is 11.6. The highest BCUT2D eigenvalue weighted by molar-refractivity contribution is 6.14. The van der Waals surface area contributed by atoms with E-state index in [2.05, 4.69) is 174 Å². The quantitative estimate of drug-likeness (QED) is 0.188. The van der Waals surface area contributed by atoms with Crippen LogP contribution in [0, 0.1) is 0 Å². The lowest BCUT2D eigenvalue weighted by Crippen LogP contribution is -2.11. The third-order valence-corrected chi connectivity index (χ3v) is 9.90. The van der Waals surface area contributed by atoms with Crippen molar-refractivity contribution in [3.63, 3.8) is 0 Å². The Hall–Kier alpha value is -6.71. The van der Waals surface area contributed by atoms with E-state index >= 15 is 0 Å². The van der Waals surface area contributed by atoms with E-state index in [0.717, 1.165) is 49.9 Å². The maximum atomic E-state index is 6.36. The molecule has 3 heteroatoms. The van der Waals surface area contributed by atoms with Gasteiger partial charge in [0, 0.05) is 33.9 Å². The van der Waals surface area contributed by atoms with Crippen LogP contribution in [0.15, 0.2) is 187 Å². The third kappa shape index (κ3) is 4.56. The van der Waals surface area contributed by atoms with Gasteiger partial charge in [0.05, 0.1) is 5.69 Å². The molecular formula is C47H30N2O. The summed E-state index contributed by atoms with van der Waals surface area (Å²) < 4.78 is 6.36. The van der Waals surface area contributed by atoms with Crippen molar-refractivity contribution in [1.82, 2.24) is 4.98 Å². The smallest absolute Gasteiger partial charge is 0.153 e. The lowest BCUT2D eigenvalue weighted by molar-refractivity contribution is 0.672. The number of aromatic nitrogens is 1. The van der Waals surface area contributed by atoms with Gasteiger partial charge in [-0.3, -0.25) is 4.98 Å². The van der Waals surface area contributed by atoms with Crippen LogP contribution in [-0.2, 0) is 0 Å². The van der Waals surface area contributed by atoms with Crippen LogP contribution in [0.4, 0.5) is 17.1 Å². The number of benzene rings is 8. The molecule has 0 radical (unpaired) electrons. The fraction of sp³-hybridized carbons (Fsp3) is 0. The predicted octanol–water partition coefficient (Wildman–Crippen LogP) is 13.2. The topological polar surface area (TPSA) is 29.3 Å². The van der Waals surface area contributed by atoms with Crippen molar-refractivity contribution < 1.29 is 4.42 Å². The Morgan fingerprint density at radius 2 is 1.06 bits per heavy atom. The summed E-state index contributed by atoms with van der Waals surface area (Å²) >= 11 is 0. The van der Waals surface area contributed by atoms with Crippen molar-refractivity contribution in [1.29, 1.82) is 0 Å². The molecule has 0 unspecified atom stereocenters. The van der Waals surface area contributed by atoms with Gasteiger partial charge in [0.25, 0.3) is 0 Å². The highest BCUT2D eigenvalue weighted by Crippen LogP contribution is 2.44. The maximum Gasteiger partial charge on any atom is 0.153 e. The SMILES string of the molecule is c1ccc(N(c2ccc(-c3cccc4ccccc34)cc2)c2ccc3c(ccc4c5ncccc5oc34)c2)c(-c2cccc3ccccc23)c1. The highest BCUT2D eigenvalue weighted by atomic mass is 16.3. The Balaban J connectivity index is 1.18. The average Bonchev–Trinajstić information content (AvgIpc) is 3.57. The molecule has 0 atom stereocenters. The molecule has 2 heterocycles. The van der Waals surface area contributed by atoms with Gasteiger partial charge >= 0.3 is 0 Å². The lowest BCUT2D eigenvalue weighted by Gasteiger charge is -2.28. The second kappa shape index (κ2) is 11.5. The predicted molar refractivity (Wildman–Crippen MR) is 210 cm³/mol. The zero-order chi connectivity index (χ0) is 33.0. The van der Waals surface area contributed by atoms with Crippen LogP contribution in [0.3, 0.4) is 0 Å². The first-order chi connectivity index (χ1) is 24.8. The Morgan fingerprint density at radius 1 is 0.420 bits per heavy atom. The first-order valence-electron chi connectivity index (χ1n) is 17.0. The van der Waals surface area contributed by atoms with E-state index in [4.69, 9.17) is 4.42 Å². The average molecular weight is 639 g/mol. The molecule has 0 spiro atoms. The van der Waals surface area contributed by atoms with E-state index in [1.807, 2.05) is 18.3 Å². The van der Waals surface area contributed by atoms with E-state index in [1.165, 1.54) is 43.8 Å². The minimum atomic E-state index is 0.802. The summed E-state index contributed by atoms with van der Waals surface area (Å²) in [7, 11) is 0. The fourth-order valence-corrected chi connectivity index (χ4v) is 7.56. The van der Waals surface area contributed by atoms with Gasteiger partial charge in [-0.05, 0) is 98.2 Å². The summed E-state index contributed by atoms with van der Waals surface area (Å²) in [4.78, 5) is 6.99. The molecule has 10 rings (SSSR count). The van der Waals surface area contributed by atoms with Crippen molar-refractivity contribution in [2.45, 2.75) is 0 Å². The van der Waals surface area contributed by atoms with E-state index in [-0.39, 0.29) is 0 Å². The first-order valence-corrected chi connectivity index (χ1v) is 17.0. The maximum absolute atomic E-state index is 6.36. The molecular weight excluding hydrogens is 609 g/mol. The molecule has 0 N–H and O–H groups in total. The van der Waals surface area contributed by atoms with E-state index < -0.39 is 0 Å². The van der Waals surface area contributed by atoms with Crippen LogP contribution in [0.2, 0.25) is 0 Å². The molecule has 8 aromatic carbocycles. The molecule has 0 bridgehead atoms. The summed E-state index contributed by atoms with van der Waals surface area (Å²) in [6, 6.07) is 62.9. The van der Waals surface area contributed by atoms with Crippen molar-refractivity contribution in [3.05, 3.63) is 182 Å². The summed E-state index contributed by atoms with van der Waals surface area (Å²) in [5.74, 6) is 0. The first kappa shape index (κ1) is 28.3. The molecule has 10 aromatic rings. The number of nitrogens with zero attached hydrogens (tertiary/aromatic N) is 2. The number of rotatable bonds is 5. The van der Waals surface area contributed by atoms with Crippen molar-refractivity contribution in [3.8, 4) is 22.3 Å². The molecule has 0 aliphatic heterocycles. The number of hydrogen-bond acceptors (Lipinski definition) is 3. The summed E-state index contributed by atoms with van der Waals surface area (Å²) in [6.45, 7) is 0. The van der Waals surface area contributed by atoms with Gasteiger partial charge < -0.3 is 9.32 Å². The molecule has 0 saturated heterocycles. The van der Waals surface area contributed by atoms with Gasteiger partial charge in [0.15, 0.2) is 5.58 Å². The molecule has 2 aromatic heterocycles. The molecule has 234 valence electrons. The zero-order valence-electron chi connectivity index (χ0n) is 27.1. The summed E-state index contributed by atoms with van der Waals surface area (Å²) in [5.41, 5.74) is 10.6. The lowest BCUT2D eigenvalue weighted by atomic mass is 9.95. The fourth-order valence-electron chi connectivity index (χ4n) is 7.56. The number of hydrogen-bond donors (Lipinski definition) is 0. The van der Waals surface area contributed by atoms with Gasteiger partial charge in [0.2, 0.25) is 0 Å². The standard InChI is InChI=1S/C47H30N2O/c1-3-14-37-31(10-1)12-7-17-38(37)33-21-24-35(25-22-33)49(44-19-6-5-16-42(44)41-18-8-13-32-11-2-4-15-39(32)41)36-26-28-40-34(30-36)23-27-43-46-45(50-47(40)43)20-9-29-48-46/h1-30H. The number of furan rings is 1. The number of para-hydroxylation sites is 1. The van der Waals surface area contributed by atoms with Crippen molar-refractivity contribution in [2.24, 2.45) is 0 Å². The van der Waals surface area contributed by atoms with Crippen LogP contribution >= 0.6 is 0 Å². The second-order valence-electron chi connectivity index (χ2n) is 12.8. The third-order valence-electron chi connectivity index (χ3n) is 9.90. The minimum Gasteiger partial charge on any atom is -0.454 e. The molecule has 0 aliphatic rings. The summed E-state index contributed by atoms with van der Waals surface area (Å²) in [5, 5.41) is 8.15. The van der Waals surface area contributed by atoms with Gasteiger partial charge in [-0.25, -0.2) is 0 Å². The molecule has 3 nitrogen and oxygen atoms in total. The largest absolute Gasteiger partial charge is 0.454 e. The Bertz CT molecular complexity index is 2870. The van der Waals surface area contributed by atoms with Crippen LogP contribution in [-0.4, -0.2) is 4.98 Å². The Morgan fingerprint density at radius 3 is 1.88 bits per heavy atom. The van der Waals surface area contributed by atoms with Crippen LogP contribution in [0.1, 0.15) is 0 Å². The van der Waals surface area contributed by atoms with Crippen LogP contribution < -0.4 is 4.90 Å². The molecule has 0 fully saturated rings. The van der Waals surface area contributed by atoms with E-state index in [0.29, 0.717) is 0 Å². The van der Waals surface area contributed by atoms with Gasteiger partial charge in [-0.2, -0.15) is 0 Å². The van der Waals surface area contributed by atoms with Gasteiger partial charge in [-0.1, -0.05) is 121 Å². The minimum absolute atomic E-state index is 0.802. The van der Waals surface area contributed by atoms with Gasteiger partial charge in [-0.15, -0.1) is 0 Å². The van der Waals surface area contributed by atoms with E-state index in [9.17, 15) is 0 Å². The number of anilines is 3. The second-order valence-corrected chi connectivity index (χ2v) is 12.8. The molecule has 50 heavy (non-hydrogen) atoms. The van der Waals surface area contributed by atoms with Gasteiger partial charge in [0.1, 0.15) is 11.1 Å². The highest BCUT2D eigenvalue weighted by Gasteiger charge is 2.20. The van der Waals surface area contributed by atoms with Crippen molar-refractivity contribution >= 4 is 71.4 Å². The van der Waals surface area contributed by atoms with Crippen LogP contribution in [0.25, 0.3) is 76.6 Å². The monoisotopic (exact) mass is 638 g/mol.